The molecule has 0 radical (unpaired) electrons. The number of imide groups is 1. The Morgan fingerprint density at radius 2 is 1.60 bits per heavy atom. The molecule has 0 atom stereocenters. The van der Waals surface area contributed by atoms with Gasteiger partial charge in [-0.1, -0.05) is 66.2 Å². The molecule has 7 heteroatoms. The van der Waals surface area contributed by atoms with Crippen LogP contribution >= 0.6 is 46.0 Å². The number of ether oxygens (including phenoxy) is 1. The van der Waals surface area contributed by atoms with Crippen LogP contribution in [0, 0.1) is 3.57 Å². The third-order valence-electron chi connectivity index (χ3n) is 5.64. The zero-order valence-electron chi connectivity index (χ0n) is 18.4. The first-order chi connectivity index (χ1) is 17.0. The standard InChI is InChI=1S/C28H19ClINO3S/c29-21-10-5-19(6-11-21)17-34-25-14-9-20-3-1-2-4-23(20)24(25)15-26-27(32)31(28(33)35-26)16-18-7-12-22(30)13-8-18/h1-15H,16-17H2/b26-15-. The molecule has 1 saturated heterocycles. The summed E-state index contributed by atoms with van der Waals surface area (Å²) in [5, 5.41) is 2.37. The largest absolute Gasteiger partial charge is 0.488 e. The van der Waals surface area contributed by atoms with Crippen LogP contribution in [0.3, 0.4) is 0 Å². The molecule has 174 valence electrons. The van der Waals surface area contributed by atoms with Crippen LogP contribution in [0.25, 0.3) is 16.8 Å². The van der Waals surface area contributed by atoms with Crippen LogP contribution in [0.1, 0.15) is 16.7 Å². The first-order valence-corrected chi connectivity index (χ1v) is 13.1. The first-order valence-electron chi connectivity index (χ1n) is 10.9. The van der Waals surface area contributed by atoms with Gasteiger partial charge in [-0.2, -0.15) is 0 Å². The smallest absolute Gasteiger partial charge is 0.293 e. The molecule has 0 N–H and O–H groups in total. The Kier molecular flexibility index (Phi) is 7.13. The lowest BCUT2D eigenvalue weighted by Gasteiger charge is -2.14. The van der Waals surface area contributed by atoms with Crippen LogP contribution in [0.15, 0.2) is 89.8 Å². The fraction of sp³-hybridized carbons (Fsp3) is 0.0714. The summed E-state index contributed by atoms with van der Waals surface area (Å²) in [6.45, 7) is 0.596. The van der Waals surface area contributed by atoms with Gasteiger partial charge in [0.2, 0.25) is 0 Å². The lowest BCUT2D eigenvalue weighted by Crippen LogP contribution is -2.27. The van der Waals surface area contributed by atoms with E-state index in [4.69, 9.17) is 16.3 Å². The quantitative estimate of drug-likeness (QED) is 0.164. The van der Waals surface area contributed by atoms with Crippen molar-refractivity contribution in [2.75, 3.05) is 0 Å². The first kappa shape index (κ1) is 23.9. The Morgan fingerprint density at radius 3 is 2.37 bits per heavy atom. The van der Waals surface area contributed by atoms with E-state index in [2.05, 4.69) is 22.6 Å². The number of amides is 2. The van der Waals surface area contributed by atoms with Gasteiger partial charge in [0.15, 0.2) is 0 Å². The maximum atomic E-state index is 13.2. The Balaban J connectivity index is 1.46. The Labute approximate surface area is 226 Å². The van der Waals surface area contributed by atoms with Crippen LogP contribution in [-0.4, -0.2) is 16.0 Å². The van der Waals surface area contributed by atoms with Gasteiger partial charge in [0.1, 0.15) is 12.4 Å². The molecule has 4 aromatic rings. The summed E-state index contributed by atoms with van der Waals surface area (Å²) in [5.74, 6) is 0.346. The van der Waals surface area contributed by atoms with Crippen LogP contribution in [0.5, 0.6) is 5.75 Å². The van der Waals surface area contributed by atoms with E-state index in [1.165, 1.54) is 4.90 Å². The average molecular weight is 612 g/mol. The highest BCUT2D eigenvalue weighted by atomic mass is 127. The second-order valence-corrected chi connectivity index (χ2v) is 10.7. The van der Waals surface area contributed by atoms with Crippen molar-refractivity contribution >= 4 is 73.9 Å². The van der Waals surface area contributed by atoms with Gasteiger partial charge in [0.25, 0.3) is 11.1 Å². The number of carbonyl (C=O) groups is 2. The van der Waals surface area contributed by atoms with E-state index >= 15 is 0 Å². The van der Waals surface area contributed by atoms with Crippen molar-refractivity contribution in [3.8, 4) is 5.75 Å². The predicted octanol–water partition coefficient (Wildman–Crippen LogP) is 7.91. The number of hydrogen-bond acceptors (Lipinski definition) is 4. The van der Waals surface area contributed by atoms with Crippen molar-refractivity contribution in [3.05, 3.63) is 115 Å². The number of halogens is 2. The van der Waals surface area contributed by atoms with Crippen LogP contribution in [0.4, 0.5) is 4.79 Å². The van der Waals surface area contributed by atoms with E-state index in [1.807, 2.05) is 84.9 Å². The zero-order chi connectivity index (χ0) is 24.4. The summed E-state index contributed by atoms with van der Waals surface area (Å²) >= 11 is 9.18. The molecule has 1 fully saturated rings. The Bertz CT molecular complexity index is 1450. The van der Waals surface area contributed by atoms with Crippen LogP contribution in [0.2, 0.25) is 5.02 Å². The molecule has 0 aliphatic carbocycles. The summed E-state index contributed by atoms with van der Waals surface area (Å²) in [7, 11) is 0. The van der Waals surface area contributed by atoms with Crippen molar-refractivity contribution in [2.24, 2.45) is 0 Å². The Hall–Kier alpha value is -2.81. The highest BCUT2D eigenvalue weighted by Gasteiger charge is 2.35. The normalized spacial score (nSPS) is 14.8. The summed E-state index contributed by atoms with van der Waals surface area (Å²) in [6.07, 6.45) is 1.78. The lowest BCUT2D eigenvalue weighted by molar-refractivity contribution is -0.123. The highest BCUT2D eigenvalue weighted by Crippen LogP contribution is 2.37. The van der Waals surface area contributed by atoms with E-state index in [1.54, 1.807) is 6.08 Å². The molecule has 35 heavy (non-hydrogen) atoms. The number of nitrogens with zero attached hydrogens (tertiary/aromatic N) is 1. The topological polar surface area (TPSA) is 46.6 Å². The zero-order valence-corrected chi connectivity index (χ0v) is 22.1. The molecule has 0 bridgehead atoms. The fourth-order valence-corrected chi connectivity index (χ4v) is 5.14. The van der Waals surface area contributed by atoms with Crippen molar-refractivity contribution in [1.29, 1.82) is 0 Å². The van der Waals surface area contributed by atoms with E-state index in [-0.39, 0.29) is 17.7 Å². The highest BCUT2D eigenvalue weighted by molar-refractivity contribution is 14.1. The molecule has 0 unspecified atom stereocenters. The summed E-state index contributed by atoms with van der Waals surface area (Å²) < 4.78 is 7.27. The summed E-state index contributed by atoms with van der Waals surface area (Å²) in [4.78, 5) is 27.6. The number of hydrogen-bond donors (Lipinski definition) is 0. The molecule has 2 amide bonds. The number of carbonyl (C=O) groups excluding carboxylic acids is 2. The summed E-state index contributed by atoms with van der Waals surface area (Å²) in [5.41, 5.74) is 2.66. The van der Waals surface area contributed by atoms with Gasteiger partial charge >= 0.3 is 0 Å². The molecule has 1 aliphatic heterocycles. The fourth-order valence-electron chi connectivity index (χ4n) is 3.83. The molecule has 0 aromatic heterocycles. The van der Waals surface area contributed by atoms with E-state index in [0.29, 0.717) is 22.3 Å². The van der Waals surface area contributed by atoms with Crippen LogP contribution < -0.4 is 4.74 Å². The monoisotopic (exact) mass is 611 g/mol. The Morgan fingerprint density at radius 1 is 0.886 bits per heavy atom. The van der Waals surface area contributed by atoms with Gasteiger partial charge in [0, 0.05) is 14.2 Å². The van der Waals surface area contributed by atoms with Crippen molar-refractivity contribution < 1.29 is 14.3 Å². The predicted molar refractivity (Wildman–Crippen MR) is 150 cm³/mol. The molecule has 5 rings (SSSR count). The second-order valence-electron chi connectivity index (χ2n) is 8.01. The van der Waals surface area contributed by atoms with Gasteiger partial charge in [-0.25, -0.2) is 0 Å². The van der Waals surface area contributed by atoms with Crippen LogP contribution in [-0.2, 0) is 17.9 Å². The third-order valence-corrected chi connectivity index (χ3v) is 7.52. The molecule has 0 saturated carbocycles. The van der Waals surface area contributed by atoms with Gasteiger partial charge in [-0.05, 0) is 92.7 Å². The molecule has 4 nitrogen and oxygen atoms in total. The number of thioether (sulfide) groups is 1. The van der Waals surface area contributed by atoms with E-state index < -0.39 is 0 Å². The van der Waals surface area contributed by atoms with Crippen molar-refractivity contribution in [3.63, 3.8) is 0 Å². The molecular weight excluding hydrogens is 593 g/mol. The number of benzene rings is 4. The van der Waals surface area contributed by atoms with Gasteiger partial charge in [0.05, 0.1) is 11.4 Å². The minimum absolute atomic E-state index is 0.244. The van der Waals surface area contributed by atoms with Gasteiger partial charge < -0.3 is 4.74 Å². The minimum atomic E-state index is -0.296. The van der Waals surface area contributed by atoms with E-state index in [9.17, 15) is 9.59 Å². The molecule has 1 aliphatic rings. The van der Waals surface area contributed by atoms with E-state index in [0.717, 1.165) is 42.8 Å². The number of fused-ring (bicyclic) bond motifs is 1. The maximum absolute atomic E-state index is 13.2. The van der Waals surface area contributed by atoms with Gasteiger partial charge in [-0.3, -0.25) is 14.5 Å². The number of rotatable bonds is 6. The molecule has 4 aromatic carbocycles. The maximum Gasteiger partial charge on any atom is 0.293 e. The van der Waals surface area contributed by atoms with Gasteiger partial charge in [-0.15, -0.1) is 0 Å². The van der Waals surface area contributed by atoms with Crippen molar-refractivity contribution in [2.45, 2.75) is 13.2 Å². The molecule has 1 heterocycles. The molecule has 0 spiro atoms. The van der Waals surface area contributed by atoms with Crippen molar-refractivity contribution in [1.82, 2.24) is 4.90 Å². The SMILES string of the molecule is O=C1S/C(=C\c2c(OCc3ccc(Cl)cc3)ccc3ccccc23)C(=O)N1Cc1ccc(I)cc1. The summed E-state index contributed by atoms with van der Waals surface area (Å²) in [6, 6.07) is 27.1. The molecular formula is C28H19ClINO3S. The second kappa shape index (κ2) is 10.4. The lowest BCUT2D eigenvalue weighted by atomic mass is 10.0. The minimum Gasteiger partial charge on any atom is -0.488 e. The third kappa shape index (κ3) is 5.39. The average Bonchev–Trinajstić information content (AvgIpc) is 3.13.